The smallest absolute Gasteiger partial charge is 0.347 e. The van der Waals surface area contributed by atoms with Gasteiger partial charge in [-0.2, -0.15) is 0 Å². The topological polar surface area (TPSA) is 84.2 Å². The van der Waals surface area contributed by atoms with Crippen molar-refractivity contribution in [3.8, 4) is 23.0 Å². The van der Waals surface area contributed by atoms with Crippen LogP contribution in [-0.4, -0.2) is 34.2 Å². The highest BCUT2D eigenvalue weighted by atomic mass is 16.5. The number of hydrogen-bond donors (Lipinski definition) is 0. The van der Waals surface area contributed by atoms with Gasteiger partial charge >= 0.3 is 5.63 Å². The van der Waals surface area contributed by atoms with Crippen molar-refractivity contribution in [2.24, 2.45) is 0 Å². The molecule has 0 saturated carbocycles. The fourth-order valence-electron chi connectivity index (χ4n) is 2.89. The van der Waals surface area contributed by atoms with Crippen LogP contribution in [0.2, 0.25) is 0 Å². The number of ether oxygens (including phenoxy) is 4. The Kier molecular flexibility index (Phi) is 5.87. The number of ketones is 1. The first-order valence-corrected chi connectivity index (χ1v) is 8.65. The molecule has 0 radical (unpaired) electrons. The second kappa shape index (κ2) is 8.52. The molecule has 1 aromatic heterocycles. The van der Waals surface area contributed by atoms with E-state index < -0.39 is 11.4 Å². The molecule has 3 rings (SSSR count). The first-order valence-electron chi connectivity index (χ1n) is 8.65. The standard InChI is InChI=1S/C22H20O7/c1-25-17-7-5-6-14-10-15(22(24)29-21(14)17)16(23)9-8-13-11-19(27-3)20(28-4)12-18(13)26-2/h5-12H,1-4H3. The predicted octanol–water partition coefficient (Wildman–Crippen LogP) is 3.72. The number of rotatable bonds is 7. The van der Waals surface area contributed by atoms with Crippen LogP contribution < -0.4 is 24.6 Å². The molecule has 0 saturated heterocycles. The number of para-hydroxylation sites is 1. The minimum atomic E-state index is -0.740. The minimum absolute atomic E-state index is 0.0820. The van der Waals surface area contributed by atoms with Gasteiger partial charge in [0.2, 0.25) is 0 Å². The number of methoxy groups -OCH3 is 4. The number of fused-ring (bicyclic) bond motifs is 1. The maximum atomic E-state index is 12.6. The quantitative estimate of drug-likeness (QED) is 0.342. The molecule has 7 nitrogen and oxygen atoms in total. The van der Waals surface area contributed by atoms with Gasteiger partial charge in [-0.15, -0.1) is 0 Å². The van der Waals surface area contributed by atoms with Crippen molar-refractivity contribution in [2.45, 2.75) is 0 Å². The summed E-state index contributed by atoms with van der Waals surface area (Å²) in [4.78, 5) is 25.0. The summed E-state index contributed by atoms with van der Waals surface area (Å²) < 4.78 is 26.4. The van der Waals surface area contributed by atoms with E-state index in [0.29, 0.717) is 39.5 Å². The van der Waals surface area contributed by atoms with Gasteiger partial charge < -0.3 is 23.4 Å². The van der Waals surface area contributed by atoms with Crippen molar-refractivity contribution >= 4 is 22.8 Å². The van der Waals surface area contributed by atoms with E-state index in [1.807, 2.05) is 0 Å². The van der Waals surface area contributed by atoms with E-state index in [9.17, 15) is 9.59 Å². The lowest BCUT2D eigenvalue weighted by molar-refractivity contribution is 0.104. The maximum absolute atomic E-state index is 12.6. The van der Waals surface area contributed by atoms with Crippen molar-refractivity contribution in [3.05, 3.63) is 64.0 Å². The second-order valence-electron chi connectivity index (χ2n) is 5.97. The lowest BCUT2D eigenvalue weighted by Gasteiger charge is -2.12. The Morgan fingerprint density at radius 1 is 0.862 bits per heavy atom. The zero-order valence-electron chi connectivity index (χ0n) is 16.5. The van der Waals surface area contributed by atoms with E-state index in [-0.39, 0.29) is 5.56 Å². The van der Waals surface area contributed by atoms with E-state index in [4.69, 9.17) is 23.4 Å². The molecule has 2 aromatic carbocycles. The molecule has 0 spiro atoms. The molecular formula is C22H20O7. The summed E-state index contributed by atoms with van der Waals surface area (Å²) in [5.74, 6) is 1.39. The van der Waals surface area contributed by atoms with Crippen molar-refractivity contribution in [3.63, 3.8) is 0 Å². The normalized spacial score (nSPS) is 10.9. The van der Waals surface area contributed by atoms with Crippen LogP contribution >= 0.6 is 0 Å². The Hall–Kier alpha value is -3.74. The summed E-state index contributed by atoms with van der Waals surface area (Å²) >= 11 is 0. The van der Waals surface area contributed by atoms with Crippen molar-refractivity contribution in [1.29, 1.82) is 0 Å². The summed E-state index contributed by atoms with van der Waals surface area (Å²) in [5.41, 5.74) is 0.0600. The summed E-state index contributed by atoms with van der Waals surface area (Å²) in [5, 5.41) is 0.587. The summed E-state index contributed by atoms with van der Waals surface area (Å²) in [7, 11) is 6.01. The molecule has 0 bridgehead atoms. The lowest BCUT2D eigenvalue weighted by atomic mass is 10.1. The van der Waals surface area contributed by atoms with Gasteiger partial charge in [0, 0.05) is 17.0 Å². The van der Waals surface area contributed by atoms with E-state index in [1.165, 1.54) is 40.6 Å². The number of benzene rings is 2. The highest BCUT2D eigenvalue weighted by molar-refractivity contribution is 6.08. The Labute approximate surface area is 167 Å². The Morgan fingerprint density at radius 3 is 2.17 bits per heavy atom. The second-order valence-corrected chi connectivity index (χ2v) is 5.97. The lowest BCUT2D eigenvalue weighted by Crippen LogP contribution is -2.12. The average Bonchev–Trinajstić information content (AvgIpc) is 2.75. The molecule has 0 amide bonds. The third-order valence-corrected chi connectivity index (χ3v) is 4.36. The van der Waals surface area contributed by atoms with Crippen molar-refractivity contribution in [1.82, 2.24) is 0 Å². The monoisotopic (exact) mass is 396 g/mol. The average molecular weight is 396 g/mol. The molecule has 1 heterocycles. The van der Waals surface area contributed by atoms with E-state index in [1.54, 1.807) is 36.4 Å². The van der Waals surface area contributed by atoms with Gasteiger partial charge in [-0.05, 0) is 30.4 Å². The molecule has 29 heavy (non-hydrogen) atoms. The first-order chi connectivity index (χ1) is 14.0. The van der Waals surface area contributed by atoms with Crippen LogP contribution in [0, 0.1) is 0 Å². The van der Waals surface area contributed by atoms with Crippen LogP contribution in [-0.2, 0) is 0 Å². The third-order valence-electron chi connectivity index (χ3n) is 4.36. The van der Waals surface area contributed by atoms with Gasteiger partial charge in [0.25, 0.3) is 0 Å². The Balaban J connectivity index is 1.99. The molecule has 0 atom stereocenters. The number of hydrogen-bond acceptors (Lipinski definition) is 7. The Morgan fingerprint density at radius 2 is 1.52 bits per heavy atom. The molecule has 150 valence electrons. The molecule has 0 aliphatic rings. The summed E-state index contributed by atoms with van der Waals surface area (Å²) in [6.45, 7) is 0. The molecular weight excluding hydrogens is 376 g/mol. The molecule has 0 N–H and O–H groups in total. The van der Waals surface area contributed by atoms with Gasteiger partial charge in [0.15, 0.2) is 28.6 Å². The van der Waals surface area contributed by atoms with Crippen molar-refractivity contribution in [2.75, 3.05) is 28.4 Å². The van der Waals surface area contributed by atoms with E-state index >= 15 is 0 Å². The van der Waals surface area contributed by atoms with Crippen LogP contribution in [0.15, 0.2) is 51.7 Å². The van der Waals surface area contributed by atoms with Gasteiger partial charge in [-0.1, -0.05) is 12.1 Å². The zero-order chi connectivity index (χ0) is 21.0. The molecule has 7 heteroatoms. The molecule has 0 fully saturated rings. The number of carbonyl (C=O) groups is 1. The van der Waals surface area contributed by atoms with E-state index in [2.05, 4.69) is 0 Å². The molecule has 0 unspecified atom stereocenters. The summed E-state index contributed by atoms with van der Waals surface area (Å²) in [6.07, 6.45) is 2.82. The zero-order valence-corrected chi connectivity index (χ0v) is 16.5. The number of allylic oxidation sites excluding steroid dienone is 1. The van der Waals surface area contributed by atoms with E-state index in [0.717, 1.165) is 0 Å². The highest BCUT2D eigenvalue weighted by Gasteiger charge is 2.15. The minimum Gasteiger partial charge on any atom is -0.496 e. The van der Waals surface area contributed by atoms with Crippen LogP contribution in [0.3, 0.4) is 0 Å². The van der Waals surface area contributed by atoms with Crippen LogP contribution in [0.4, 0.5) is 0 Å². The van der Waals surface area contributed by atoms with Crippen LogP contribution in [0.25, 0.3) is 17.0 Å². The fourth-order valence-corrected chi connectivity index (χ4v) is 2.89. The van der Waals surface area contributed by atoms with Crippen LogP contribution in [0.5, 0.6) is 23.0 Å². The SMILES string of the molecule is COc1cc(OC)c(OC)cc1C=CC(=O)c1cc2cccc(OC)c2oc1=O. The summed E-state index contributed by atoms with van der Waals surface area (Å²) in [6, 6.07) is 9.98. The highest BCUT2D eigenvalue weighted by Crippen LogP contribution is 2.35. The van der Waals surface area contributed by atoms with Gasteiger partial charge in [-0.3, -0.25) is 4.79 Å². The number of carbonyl (C=O) groups excluding carboxylic acids is 1. The maximum Gasteiger partial charge on any atom is 0.347 e. The molecule has 0 aliphatic carbocycles. The Bertz CT molecular complexity index is 1140. The van der Waals surface area contributed by atoms with Gasteiger partial charge in [0.05, 0.1) is 28.4 Å². The fraction of sp³-hybridized carbons (Fsp3) is 0.182. The van der Waals surface area contributed by atoms with Gasteiger partial charge in [-0.25, -0.2) is 4.79 Å². The largest absolute Gasteiger partial charge is 0.496 e. The molecule has 3 aromatic rings. The predicted molar refractivity (Wildman–Crippen MR) is 108 cm³/mol. The first kappa shape index (κ1) is 20.0. The van der Waals surface area contributed by atoms with Crippen molar-refractivity contribution < 1.29 is 28.2 Å². The van der Waals surface area contributed by atoms with Crippen LogP contribution in [0.1, 0.15) is 15.9 Å². The molecule has 0 aliphatic heterocycles. The third kappa shape index (κ3) is 3.94. The van der Waals surface area contributed by atoms with Gasteiger partial charge in [0.1, 0.15) is 11.3 Å².